The molecule has 0 aromatic heterocycles. The molecule has 5 fully saturated rings. The molecule has 2 nitrogen and oxygen atoms in total. The van der Waals surface area contributed by atoms with Crippen LogP contribution >= 0.6 is 11.8 Å². The number of fused-ring (bicyclic) bond motifs is 5. The summed E-state index contributed by atoms with van der Waals surface area (Å²) < 4.78 is 6.41. The zero-order chi connectivity index (χ0) is 9.93. The lowest BCUT2D eigenvalue weighted by Crippen LogP contribution is -2.63. The second-order valence-electron chi connectivity index (χ2n) is 5.85. The summed E-state index contributed by atoms with van der Waals surface area (Å²) >= 11 is 2.27. The van der Waals surface area contributed by atoms with Gasteiger partial charge in [0.15, 0.2) is 0 Å². The molecule has 84 valence electrons. The largest absolute Gasteiger partial charge is 0.375 e. The average Bonchev–Trinajstić information content (AvgIpc) is 2.93. The molecule has 4 saturated heterocycles. The van der Waals surface area contributed by atoms with Crippen molar-refractivity contribution in [2.45, 2.75) is 48.5 Å². The highest BCUT2D eigenvalue weighted by Crippen LogP contribution is 2.58. The maximum absolute atomic E-state index is 5.88. The molecule has 2 unspecified atom stereocenters. The molecule has 4 aliphatic heterocycles. The third kappa shape index (κ3) is 1.10. The van der Waals surface area contributed by atoms with E-state index in [-0.39, 0.29) is 0 Å². The molecular weight excluding hydrogens is 206 g/mol. The molecule has 2 atom stereocenters. The van der Waals surface area contributed by atoms with E-state index in [1.807, 2.05) is 0 Å². The first kappa shape index (κ1) is 9.32. The van der Waals surface area contributed by atoms with Gasteiger partial charge in [-0.15, -0.1) is 0 Å². The lowest BCUT2D eigenvalue weighted by Gasteiger charge is -2.54. The highest BCUT2D eigenvalue weighted by Gasteiger charge is 2.61. The Labute approximate surface area is 95.5 Å². The number of rotatable bonds is 1. The van der Waals surface area contributed by atoms with E-state index in [0.717, 1.165) is 19.1 Å². The van der Waals surface area contributed by atoms with Crippen molar-refractivity contribution in [3.63, 3.8) is 0 Å². The van der Waals surface area contributed by atoms with Crippen molar-refractivity contribution in [3.05, 3.63) is 0 Å². The first-order valence-corrected chi connectivity index (χ1v) is 7.31. The second-order valence-corrected chi connectivity index (χ2v) is 7.25. The summed E-state index contributed by atoms with van der Waals surface area (Å²) in [7, 11) is 0. The Bertz CT molecular complexity index is 264. The van der Waals surface area contributed by atoms with Crippen LogP contribution in [0.2, 0.25) is 0 Å². The van der Waals surface area contributed by atoms with E-state index in [1.54, 1.807) is 0 Å². The fourth-order valence-corrected chi connectivity index (χ4v) is 6.06. The maximum Gasteiger partial charge on any atom is 0.0719 e. The molecule has 0 radical (unpaired) electrons. The second kappa shape index (κ2) is 2.93. The van der Waals surface area contributed by atoms with E-state index in [2.05, 4.69) is 17.1 Å². The Morgan fingerprint density at radius 1 is 1.27 bits per heavy atom. The lowest BCUT2D eigenvalue weighted by molar-refractivity contribution is 0.0502. The van der Waals surface area contributed by atoms with Gasteiger partial charge in [-0.2, -0.15) is 11.8 Å². The maximum atomic E-state index is 5.88. The number of thioether (sulfide) groups is 1. The number of morpholine rings is 1. The topological polar surface area (TPSA) is 21.3 Å². The molecule has 0 aromatic carbocycles. The summed E-state index contributed by atoms with van der Waals surface area (Å²) in [6.07, 6.45) is 7.63. The van der Waals surface area contributed by atoms with Crippen molar-refractivity contribution < 1.29 is 4.74 Å². The molecule has 0 aromatic rings. The number of nitrogens with one attached hydrogen (secondary N) is 1. The summed E-state index contributed by atoms with van der Waals surface area (Å²) in [6.45, 7) is 2.08. The molecule has 5 rings (SSSR count). The Balaban J connectivity index is 1.70. The highest BCUT2D eigenvalue weighted by molar-refractivity contribution is 8.00. The van der Waals surface area contributed by atoms with E-state index in [0.29, 0.717) is 16.4 Å². The standard InChI is InChI=1S/C12H19NOS/c1-3-12(4-2-9(1)7-15-12)11-5-10(6-13-11)14-8-11/h9-10,13H,1-8H2. The van der Waals surface area contributed by atoms with Gasteiger partial charge in [0.1, 0.15) is 0 Å². The van der Waals surface area contributed by atoms with E-state index in [9.17, 15) is 0 Å². The van der Waals surface area contributed by atoms with Gasteiger partial charge >= 0.3 is 0 Å². The molecule has 15 heavy (non-hydrogen) atoms. The molecule has 5 aliphatic rings. The third-order valence-electron chi connectivity index (χ3n) is 5.19. The van der Waals surface area contributed by atoms with Crippen molar-refractivity contribution in [3.8, 4) is 0 Å². The molecule has 4 heterocycles. The van der Waals surface area contributed by atoms with Gasteiger partial charge < -0.3 is 10.1 Å². The fourth-order valence-electron chi connectivity index (χ4n) is 4.16. The van der Waals surface area contributed by atoms with E-state index in [1.165, 1.54) is 37.9 Å². The van der Waals surface area contributed by atoms with Crippen molar-refractivity contribution >= 4 is 11.8 Å². The summed E-state index contributed by atoms with van der Waals surface area (Å²) in [5.74, 6) is 2.45. The smallest absolute Gasteiger partial charge is 0.0719 e. The molecule has 4 bridgehead atoms. The minimum Gasteiger partial charge on any atom is -0.375 e. The van der Waals surface area contributed by atoms with Crippen LogP contribution < -0.4 is 5.32 Å². The monoisotopic (exact) mass is 225 g/mol. The Kier molecular flexibility index (Phi) is 1.82. The summed E-state index contributed by atoms with van der Waals surface area (Å²) in [4.78, 5) is 0. The van der Waals surface area contributed by atoms with Crippen molar-refractivity contribution in [1.29, 1.82) is 0 Å². The first-order valence-electron chi connectivity index (χ1n) is 6.33. The van der Waals surface area contributed by atoms with Gasteiger partial charge in [-0.25, -0.2) is 0 Å². The summed E-state index contributed by atoms with van der Waals surface area (Å²) in [5, 5.41) is 3.81. The quantitative estimate of drug-likeness (QED) is 0.735. The number of ether oxygens (including phenoxy) is 1. The van der Waals surface area contributed by atoms with Gasteiger partial charge in [-0.3, -0.25) is 0 Å². The van der Waals surface area contributed by atoms with Crippen LogP contribution in [-0.4, -0.2) is 35.3 Å². The average molecular weight is 225 g/mol. The van der Waals surface area contributed by atoms with Gasteiger partial charge in [-0.1, -0.05) is 0 Å². The normalized spacial score (nSPS) is 57.6. The van der Waals surface area contributed by atoms with E-state index < -0.39 is 0 Å². The minimum absolute atomic E-state index is 0.355. The summed E-state index contributed by atoms with van der Waals surface area (Å²) in [5.41, 5.74) is 0.355. The first-order chi connectivity index (χ1) is 7.32. The van der Waals surface area contributed by atoms with E-state index >= 15 is 0 Å². The highest BCUT2D eigenvalue weighted by atomic mass is 32.2. The van der Waals surface area contributed by atoms with Crippen LogP contribution in [0.5, 0.6) is 0 Å². The molecule has 0 amide bonds. The molecule has 3 heteroatoms. The van der Waals surface area contributed by atoms with E-state index in [4.69, 9.17) is 4.74 Å². The van der Waals surface area contributed by atoms with Crippen LogP contribution in [0.15, 0.2) is 0 Å². The summed E-state index contributed by atoms with van der Waals surface area (Å²) in [6, 6.07) is 0. The molecular formula is C12H19NOS. The van der Waals surface area contributed by atoms with Crippen LogP contribution in [0.4, 0.5) is 0 Å². The van der Waals surface area contributed by atoms with Crippen LogP contribution in [0.3, 0.4) is 0 Å². The van der Waals surface area contributed by atoms with Crippen LogP contribution in [0.25, 0.3) is 0 Å². The fraction of sp³-hybridized carbons (Fsp3) is 1.00. The van der Waals surface area contributed by atoms with Gasteiger partial charge in [0.05, 0.1) is 18.2 Å². The Hall–Kier alpha value is 0.270. The van der Waals surface area contributed by atoms with Crippen molar-refractivity contribution in [2.75, 3.05) is 18.9 Å². The van der Waals surface area contributed by atoms with Crippen LogP contribution in [-0.2, 0) is 4.74 Å². The molecule has 0 spiro atoms. The SMILES string of the molecule is C1CC2(C34COC(CN3)C4)CCC1CS2. The molecule has 1 saturated carbocycles. The van der Waals surface area contributed by atoms with Gasteiger partial charge in [-0.05, 0) is 43.8 Å². The lowest BCUT2D eigenvalue weighted by atomic mass is 9.70. The minimum atomic E-state index is 0.355. The van der Waals surface area contributed by atoms with Gasteiger partial charge in [0, 0.05) is 11.3 Å². The molecule has 1 N–H and O–H groups in total. The van der Waals surface area contributed by atoms with Crippen LogP contribution in [0.1, 0.15) is 32.1 Å². The van der Waals surface area contributed by atoms with Crippen molar-refractivity contribution in [1.82, 2.24) is 5.32 Å². The number of hydrogen-bond acceptors (Lipinski definition) is 3. The predicted molar refractivity (Wildman–Crippen MR) is 62.2 cm³/mol. The van der Waals surface area contributed by atoms with Gasteiger partial charge in [0.25, 0.3) is 0 Å². The third-order valence-corrected chi connectivity index (χ3v) is 7.18. The number of hydrogen-bond donors (Lipinski definition) is 1. The predicted octanol–water partition coefficient (Wildman–Crippen LogP) is 1.79. The Morgan fingerprint density at radius 2 is 2.13 bits per heavy atom. The zero-order valence-electron chi connectivity index (χ0n) is 9.13. The molecule has 1 aliphatic carbocycles. The van der Waals surface area contributed by atoms with Crippen LogP contribution in [0, 0.1) is 5.92 Å². The van der Waals surface area contributed by atoms with Gasteiger partial charge in [0.2, 0.25) is 0 Å². The zero-order valence-corrected chi connectivity index (χ0v) is 9.94. The Morgan fingerprint density at radius 3 is 2.60 bits per heavy atom. The van der Waals surface area contributed by atoms with Crippen molar-refractivity contribution in [2.24, 2.45) is 5.92 Å².